The number of hydrogen-bond donors (Lipinski definition) is 2. The van der Waals surface area contributed by atoms with Crippen LogP contribution in [-0.4, -0.2) is 28.4 Å². The summed E-state index contributed by atoms with van der Waals surface area (Å²) in [5.74, 6) is 0.272. The number of aliphatic hydroxyl groups is 2. The monoisotopic (exact) mass is 527 g/mol. The number of pyridine rings is 1. The van der Waals surface area contributed by atoms with Crippen LogP contribution >= 0.6 is 0 Å². The summed E-state index contributed by atoms with van der Waals surface area (Å²) in [5.41, 5.74) is 7.04. The van der Waals surface area contributed by atoms with Crippen molar-refractivity contribution in [2.75, 3.05) is 13.2 Å². The molecule has 4 heteroatoms. The van der Waals surface area contributed by atoms with Crippen molar-refractivity contribution in [1.29, 1.82) is 0 Å². The van der Waals surface area contributed by atoms with Gasteiger partial charge in [0, 0.05) is 36.0 Å². The van der Waals surface area contributed by atoms with Crippen molar-refractivity contribution >= 4 is 0 Å². The molecule has 1 aromatic carbocycles. The molecule has 2 aromatic rings. The van der Waals surface area contributed by atoms with E-state index < -0.39 is 12.2 Å². The fourth-order valence-electron chi connectivity index (χ4n) is 5.51. The molecule has 216 valence electrons. The molecule has 4 rings (SSSR count). The molecule has 2 atom stereocenters. The van der Waals surface area contributed by atoms with Gasteiger partial charge in [0.1, 0.15) is 6.10 Å². The van der Waals surface area contributed by atoms with E-state index >= 15 is 0 Å². The zero-order valence-electron chi connectivity index (χ0n) is 26.5. The fourth-order valence-corrected chi connectivity index (χ4v) is 5.51. The average Bonchev–Trinajstić information content (AvgIpc) is 2.90. The molecule has 2 N–H and O–H groups in total. The number of benzene rings is 1. The van der Waals surface area contributed by atoms with Gasteiger partial charge in [-0.1, -0.05) is 100 Å². The first-order valence-electron chi connectivity index (χ1n) is 15.1. The minimum absolute atomic E-state index is 0.0156. The summed E-state index contributed by atoms with van der Waals surface area (Å²) in [5, 5.41) is 22.7. The largest absolute Gasteiger partial charge is 0.388 e. The fraction of sp³-hybridized carbons (Fsp3) is 0.676. The molecule has 0 spiro atoms. The molecule has 1 fully saturated rings. The number of ether oxygens (including phenoxy) is 1. The van der Waals surface area contributed by atoms with Crippen LogP contribution in [0.2, 0.25) is 0 Å². The normalized spacial score (nSPS) is 19.4. The molecule has 2 heterocycles. The quantitative estimate of drug-likeness (QED) is 0.419. The van der Waals surface area contributed by atoms with E-state index in [1.807, 2.05) is 53.7 Å². The average molecular weight is 528 g/mol. The van der Waals surface area contributed by atoms with E-state index in [0.29, 0.717) is 0 Å². The van der Waals surface area contributed by atoms with Gasteiger partial charge in [-0.25, -0.2) is 0 Å². The van der Waals surface area contributed by atoms with Crippen LogP contribution in [-0.2, 0) is 16.6 Å². The lowest BCUT2D eigenvalue weighted by Gasteiger charge is -2.37. The zero-order chi connectivity index (χ0) is 29.3. The third-order valence-corrected chi connectivity index (χ3v) is 7.35. The SMILES string of the molecule is CC.CC.CC.Cc1c2c(nc(C3CCOCC3)c1[C@@H](O)c1ccc(C(C)(C)C)cc1)CC(C)(C)CC2O. The first-order chi connectivity index (χ1) is 18.0. The summed E-state index contributed by atoms with van der Waals surface area (Å²) in [7, 11) is 0. The van der Waals surface area contributed by atoms with Gasteiger partial charge in [-0.15, -0.1) is 0 Å². The van der Waals surface area contributed by atoms with Crippen LogP contribution in [0.1, 0.15) is 153 Å². The number of aliphatic hydroxyl groups excluding tert-OH is 2. The molecule has 4 nitrogen and oxygen atoms in total. The maximum absolute atomic E-state index is 11.6. The predicted octanol–water partition coefficient (Wildman–Crippen LogP) is 8.75. The van der Waals surface area contributed by atoms with E-state index in [0.717, 1.165) is 72.5 Å². The van der Waals surface area contributed by atoms with Crippen LogP contribution in [0.5, 0.6) is 0 Å². The van der Waals surface area contributed by atoms with Gasteiger partial charge >= 0.3 is 0 Å². The molecule has 1 aliphatic heterocycles. The molecule has 1 aliphatic carbocycles. The van der Waals surface area contributed by atoms with Crippen molar-refractivity contribution in [3.8, 4) is 0 Å². The number of aromatic nitrogens is 1. The van der Waals surface area contributed by atoms with Gasteiger partial charge in [0.15, 0.2) is 0 Å². The molecule has 1 unspecified atom stereocenters. The molecule has 0 radical (unpaired) electrons. The molecule has 1 aromatic heterocycles. The second-order valence-electron chi connectivity index (χ2n) is 11.6. The molecular weight excluding hydrogens is 470 g/mol. The van der Waals surface area contributed by atoms with Gasteiger partial charge < -0.3 is 14.9 Å². The van der Waals surface area contributed by atoms with Crippen molar-refractivity contribution in [3.05, 3.63) is 63.5 Å². The Balaban J connectivity index is 0.00000112. The van der Waals surface area contributed by atoms with Gasteiger partial charge in [-0.05, 0) is 60.1 Å². The predicted molar refractivity (Wildman–Crippen MR) is 162 cm³/mol. The molecule has 0 amide bonds. The number of rotatable bonds is 3. The summed E-state index contributed by atoms with van der Waals surface area (Å²) in [6, 6.07) is 8.31. The minimum atomic E-state index is -0.762. The Morgan fingerprint density at radius 1 is 0.947 bits per heavy atom. The smallest absolute Gasteiger partial charge is 0.106 e. The maximum atomic E-state index is 11.6. The number of fused-ring (bicyclic) bond motifs is 1. The van der Waals surface area contributed by atoms with Crippen molar-refractivity contribution < 1.29 is 14.9 Å². The first kappa shape index (κ1) is 34.3. The zero-order valence-corrected chi connectivity index (χ0v) is 26.5. The lowest BCUT2D eigenvalue weighted by Crippen LogP contribution is -2.30. The summed E-state index contributed by atoms with van der Waals surface area (Å²) in [6.45, 7) is 26.5. The summed E-state index contributed by atoms with van der Waals surface area (Å²) >= 11 is 0. The van der Waals surface area contributed by atoms with E-state index in [-0.39, 0.29) is 16.7 Å². The molecule has 0 saturated carbocycles. The Bertz CT molecular complexity index is 967. The van der Waals surface area contributed by atoms with Crippen LogP contribution in [0.4, 0.5) is 0 Å². The van der Waals surface area contributed by atoms with Crippen LogP contribution in [0, 0.1) is 12.3 Å². The molecule has 38 heavy (non-hydrogen) atoms. The topological polar surface area (TPSA) is 62.6 Å². The van der Waals surface area contributed by atoms with E-state index in [1.54, 1.807) is 0 Å². The van der Waals surface area contributed by atoms with Gasteiger partial charge in [0.2, 0.25) is 0 Å². The third-order valence-electron chi connectivity index (χ3n) is 7.35. The Kier molecular flexibility index (Phi) is 13.7. The highest BCUT2D eigenvalue weighted by Crippen LogP contribution is 2.45. The van der Waals surface area contributed by atoms with Crippen molar-refractivity contribution in [2.24, 2.45) is 5.41 Å². The molecule has 2 aliphatic rings. The Morgan fingerprint density at radius 3 is 1.97 bits per heavy atom. The summed E-state index contributed by atoms with van der Waals surface area (Å²) in [6.07, 6.45) is 2.10. The van der Waals surface area contributed by atoms with Crippen LogP contribution in [0.3, 0.4) is 0 Å². The van der Waals surface area contributed by atoms with Gasteiger partial charge in [0.25, 0.3) is 0 Å². The van der Waals surface area contributed by atoms with Gasteiger partial charge in [-0.2, -0.15) is 0 Å². The van der Waals surface area contributed by atoms with Crippen molar-refractivity contribution in [3.63, 3.8) is 0 Å². The van der Waals surface area contributed by atoms with Crippen molar-refractivity contribution in [2.45, 2.75) is 132 Å². The van der Waals surface area contributed by atoms with E-state index in [9.17, 15) is 10.2 Å². The first-order valence-corrected chi connectivity index (χ1v) is 15.1. The second-order valence-corrected chi connectivity index (χ2v) is 11.6. The van der Waals surface area contributed by atoms with Gasteiger partial charge in [0.05, 0.1) is 11.8 Å². The minimum Gasteiger partial charge on any atom is -0.388 e. The lowest BCUT2D eigenvalue weighted by molar-refractivity contribution is 0.0823. The molecule has 1 saturated heterocycles. The van der Waals surface area contributed by atoms with E-state index in [4.69, 9.17) is 9.72 Å². The van der Waals surface area contributed by atoms with Crippen LogP contribution in [0.15, 0.2) is 24.3 Å². The van der Waals surface area contributed by atoms with Crippen LogP contribution in [0.25, 0.3) is 0 Å². The highest BCUT2D eigenvalue weighted by molar-refractivity contribution is 5.48. The summed E-state index contributed by atoms with van der Waals surface area (Å²) < 4.78 is 5.61. The Morgan fingerprint density at radius 2 is 1.47 bits per heavy atom. The lowest BCUT2D eigenvalue weighted by atomic mass is 9.72. The third kappa shape index (κ3) is 8.13. The number of hydrogen-bond acceptors (Lipinski definition) is 4. The van der Waals surface area contributed by atoms with E-state index in [1.165, 1.54) is 5.56 Å². The Hall–Kier alpha value is -1.75. The molecular formula is C34H57NO3. The van der Waals surface area contributed by atoms with Crippen molar-refractivity contribution in [1.82, 2.24) is 4.98 Å². The van der Waals surface area contributed by atoms with Crippen LogP contribution < -0.4 is 0 Å². The Labute approximate surface area is 234 Å². The summed E-state index contributed by atoms with van der Waals surface area (Å²) in [4.78, 5) is 5.17. The second kappa shape index (κ2) is 15.1. The highest BCUT2D eigenvalue weighted by atomic mass is 16.5. The standard InChI is InChI=1S/C28H39NO3.3C2H6/c1-17-23-21(15-28(5,6)16-22(23)30)29-25(18-11-13-32-14-12-18)24(17)26(31)19-7-9-20(10-8-19)27(2,3)4;3*1-2/h7-10,18,22,26,30-31H,11-16H2,1-6H3;3*1-2H3/t22?,26-;;;/m0.../s1. The highest BCUT2D eigenvalue weighted by Gasteiger charge is 2.37. The van der Waals surface area contributed by atoms with E-state index in [2.05, 4.69) is 53.7 Å². The molecule has 0 bridgehead atoms. The maximum Gasteiger partial charge on any atom is 0.106 e. The van der Waals surface area contributed by atoms with Gasteiger partial charge in [-0.3, -0.25) is 4.98 Å². The number of nitrogens with zero attached hydrogens (tertiary/aromatic N) is 1.